The largest absolute Gasteiger partial charge is 0.443 e. The molecule has 28 heavy (non-hydrogen) atoms. The highest BCUT2D eigenvalue weighted by Gasteiger charge is 2.43. The summed E-state index contributed by atoms with van der Waals surface area (Å²) in [5, 5.41) is 0. The number of aryl methyl sites for hydroxylation is 1. The second-order valence-electron chi connectivity index (χ2n) is 8.74. The van der Waals surface area contributed by atoms with E-state index in [-0.39, 0.29) is 10.4 Å². The van der Waals surface area contributed by atoms with Crippen LogP contribution in [0.5, 0.6) is 0 Å². The average Bonchev–Trinajstić information content (AvgIpc) is 2.50. The molecule has 0 bridgehead atoms. The van der Waals surface area contributed by atoms with E-state index in [0.29, 0.717) is 30.8 Å². The molecule has 2 heterocycles. The monoisotopic (exact) mass is 419 g/mol. The number of halogens is 3. The van der Waals surface area contributed by atoms with Gasteiger partial charge in [-0.05, 0) is 66.5 Å². The summed E-state index contributed by atoms with van der Waals surface area (Å²) < 4.78 is 48.3. The minimum atomic E-state index is -4.49. The lowest BCUT2D eigenvalue weighted by Gasteiger charge is -2.32. The van der Waals surface area contributed by atoms with E-state index in [1.807, 2.05) is 20.8 Å². The molecule has 5 nitrogen and oxygen atoms in total. The molecule has 158 valence electrons. The predicted molar refractivity (Wildman–Crippen MR) is 105 cm³/mol. The normalized spacial score (nSPS) is 16.5. The van der Waals surface area contributed by atoms with Gasteiger partial charge in [0.05, 0.1) is 17.1 Å². The van der Waals surface area contributed by atoms with Gasteiger partial charge in [0.2, 0.25) is 0 Å². The Morgan fingerprint density at radius 3 is 2.39 bits per heavy atom. The number of aromatic nitrogens is 1. The number of nitrogens with one attached hydrogen (secondary N) is 1. The van der Waals surface area contributed by atoms with Crippen molar-refractivity contribution in [3.8, 4) is 0 Å². The van der Waals surface area contributed by atoms with Crippen molar-refractivity contribution in [2.75, 3.05) is 11.4 Å². The molecule has 0 fully saturated rings. The van der Waals surface area contributed by atoms with E-state index < -0.39 is 23.9 Å². The number of rotatable bonds is 3. The van der Waals surface area contributed by atoms with Crippen molar-refractivity contribution >= 4 is 23.7 Å². The summed E-state index contributed by atoms with van der Waals surface area (Å²) in [6.07, 6.45) is -3.88. The number of amides is 1. The minimum absolute atomic E-state index is 0.103. The smallest absolute Gasteiger partial charge is 0.414 e. The second-order valence-corrected chi connectivity index (χ2v) is 10.4. The Labute approximate surface area is 168 Å². The van der Waals surface area contributed by atoms with E-state index in [9.17, 15) is 18.0 Å². The first kappa shape index (κ1) is 22.8. The van der Waals surface area contributed by atoms with Crippen LogP contribution in [0.2, 0.25) is 0 Å². The maximum absolute atomic E-state index is 13.6. The zero-order valence-electron chi connectivity index (χ0n) is 17.1. The lowest BCUT2D eigenvalue weighted by molar-refractivity contribution is -0.153. The number of anilines is 1. The van der Waals surface area contributed by atoms with Crippen LogP contribution < -0.4 is 9.62 Å². The number of pyridine rings is 1. The first-order chi connectivity index (χ1) is 12.7. The van der Waals surface area contributed by atoms with Crippen LogP contribution in [-0.2, 0) is 11.2 Å². The fourth-order valence-electron chi connectivity index (χ4n) is 2.66. The van der Waals surface area contributed by atoms with Crippen LogP contribution in [0.25, 0.3) is 0 Å². The van der Waals surface area contributed by atoms with E-state index in [1.165, 1.54) is 17.0 Å². The molecule has 2 rings (SSSR count). The molecule has 1 amide bonds. The quantitative estimate of drug-likeness (QED) is 0.664. The van der Waals surface area contributed by atoms with E-state index in [0.717, 1.165) is 11.9 Å². The maximum Gasteiger partial charge on any atom is 0.414 e. The molecule has 0 radical (unpaired) electrons. The topological polar surface area (TPSA) is 54.5 Å². The van der Waals surface area contributed by atoms with E-state index in [2.05, 4.69) is 9.71 Å². The number of nitrogens with zero attached hydrogens (tertiary/aromatic N) is 2. The van der Waals surface area contributed by atoms with Crippen molar-refractivity contribution in [1.82, 2.24) is 9.71 Å². The summed E-state index contributed by atoms with van der Waals surface area (Å²) in [7, 11) is 0. The zero-order valence-corrected chi connectivity index (χ0v) is 17.9. The molecule has 1 aromatic rings. The van der Waals surface area contributed by atoms with Crippen LogP contribution in [0.1, 0.15) is 65.4 Å². The maximum atomic E-state index is 13.6. The molecule has 1 N–H and O–H groups in total. The van der Waals surface area contributed by atoms with Gasteiger partial charge >= 0.3 is 12.3 Å². The van der Waals surface area contributed by atoms with Gasteiger partial charge in [0.1, 0.15) is 5.60 Å². The molecule has 0 saturated carbocycles. The third kappa shape index (κ3) is 6.27. The van der Waals surface area contributed by atoms with E-state index in [4.69, 9.17) is 4.74 Å². The van der Waals surface area contributed by atoms with E-state index in [1.54, 1.807) is 20.8 Å². The third-order valence-corrected chi connectivity index (χ3v) is 4.74. The fourth-order valence-corrected chi connectivity index (χ4v) is 3.39. The van der Waals surface area contributed by atoms with Gasteiger partial charge in [0.15, 0.2) is 6.04 Å². The standard InChI is InChI=1S/C19H28F3N3O2S/c1-17(2,3)27-16(26)25-11-7-8-12-14(25)10-9-13(23-12)15(19(20,21)22)24-28-18(4,5)6/h9-10,15,24H,7-8,11H2,1-6H3. The van der Waals surface area contributed by atoms with Crippen molar-refractivity contribution in [3.63, 3.8) is 0 Å². The van der Waals surface area contributed by atoms with Gasteiger partial charge in [0.25, 0.3) is 0 Å². The highest BCUT2D eigenvalue weighted by Crippen LogP contribution is 2.37. The summed E-state index contributed by atoms with van der Waals surface area (Å²) in [6.45, 7) is 11.2. The molecule has 0 aromatic carbocycles. The molecule has 0 saturated heterocycles. The lowest BCUT2D eigenvalue weighted by atomic mass is 10.1. The number of alkyl halides is 3. The highest BCUT2D eigenvalue weighted by molar-refractivity contribution is 7.98. The van der Waals surface area contributed by atoms with Crippen molar-refractivity contribution in [1.29, 1.82) is 0 Å². The Morgan fingerprint density at radius 1 is 1.21 bits per heavy atom. The van der Waals surface area contributed by atoms with Gasteiger partial charge in [-0.15, -0.1) is 0 Å². The summed E-state index contributed by atoms with van der Waals surface area (Å²) in [5.41, 5.74) is 0.228. The molecule has 0 spiro atoms. The number of carbonyl (C=O) groups is 1. The van der Waals surface area contributed by atoms with Crippen molar-refractivity contribution in [3.05, 3.63) is 23.5 Å². The van der Waals surface area contributed by atoms with Gasteiger partial charge < -0.3 is 4.74 Å². The van der Waals surface area contributed by atoms with Gasteiger partial charge in [-0.2, -0.15) is 13.2 Å². The molecule has 1 aliphatic heterocycles. The summed E-state index contributed by atoms with van der Waals surface area (Å²) >= 11 is 1.02. The fraction of sp³-hybridized carbons (Fsp3) is 0.684. The predicted octanol–water partition coefficient (Wildman–Crippen LogP) is 5.41. The number of fused-ring (bicyclic) bond motifs is 1. The molecule has 1 aliphatic rings. The number of carbonyl (C=O) groups excluding carboxylic acids is 1. The molecular weight excluding hydrogens is 391 g/mol. The Balaban J connectivity index is 2.30. The van der Waals surface area contributed by atoms with Crippen LogP contribution >= 0.6 is 11.9 Å². The second kappa shape index (κ2) is 8.10. The van der Waals surface area contributed by atoms with Crippen molar-refractivity contribution < 1.29 is 22.7 Å². The number of hydrogen-bond donors (Lipinski definition) is 1. The van der Waals surface area contributed by atoms with Crippen LogP contribution in [-0.4, -0.2) is 34.1 Å². The molecule has 1 atom stereocenters. The Morgan fingerprint density at radius 2 is 1.86 bits per heavy atom. The highest BCUT2D eigenvalue weighted by atomic mass is 32.2. The van der Waals surface area contributed by atoms with Gasteiger partial charge in [-0.1, -0.05) is 11.9 Å². The summed E-state index contributed by atoms with van der Waals surface area (Å²) in [4.78, 5) is 18.2. The minimum Gasteiger partial charge on any atom is -0.443 e. The number of ether oxygens (including phenoxy) is 1. The van der Waals surface area contributed by atoms with Crippen LogP contribution in [0.15, 0.2) is 12.1 Å². The average molecular weight is 420 g/mol. The molecule has 0 aliphatic carbocycles. The Kier molecular flexibility index (Phi) is 6.60. The van der Waals surface area contributed by atoms with Crippen LogP contribution in [0, 0.1) is 0 Å². The summed E-state index contributed by atoms with van der Waals surface area (Å²) in [5.74, 6) is 0. The zero-order chi connectivity index (χ0) is 21.3. The van der Waals surface area contributed by atoms with Crippen molar-refractivity contribution in [2.45, 2.75) is 77.0 Å². The van der Waals surface area contributed by atoms with E-state index >= 15 is 0 Å². The van der Waals surface area contributed by atoms with Crippen LogP contribution in [0.3, 0.4) is 0 Å². The molecule has 1 unspecified atom stereocenters. The van der Waals surface area contributed by atoms with Gasteiger partial charge in [-0.3, -0.25) is 9.88 Å². The first-order valence-electron chi connectivity index (χ1n) is 9.18. The Bertz CT molecular complexity index is 712. The molecular formula is C19H28F3N3O2S. The molecule has 1 aromatic heterocycles. The SMILES string of the molecule is CC(C)(C)OC(=O)N1CCCc2nc(C(NSC(C)(C)C)C(F)(F)F)ccc21. The number of hydrogen-bond acceptors (Lipinski definition) is 5. The Hall–Kier alpha value is -1.48. The van der Waals surface area contributed by atoms with Crippen molar-refractivity contribution in [2.24, 2.45) is 0 Å². The summed E-state index contributed by atoms with van der Waals surface area (Å²) in [6, 6.07) is 0.970. The van der Waals surface area contributed by atoms with Gasteiger partial charge in [-0.25, -0.2) is 9.52 Å². The van der Waals surface area contributed by atoms with Crippen LogP contribution in [0.4, 0.5) is 23.7 Å². The third-order valence-electron chi connectivity index (χ3n) is 3.78. The van der Waals surface area contributed by atoms with Gasteiger partial charge in [0, 0.05) is 11.3 Å². The lowest BCUT2D eigenvalue weighted by Crippen LogP contribution is -2.40. The first-order valence-corrected chi connectivity index (χ1v) is 9.99. The molecule has 9 heteroatoms.